The van der Waals surface area contributed by atoms with E-state index in [1.807, 2.05) is 17.0 Å². The minimum Gasteiger partial charge on any atom is -0.484 e. The minimum absolute atomic E-state index is 0.150. The smallest absolute Gasteiger partial charge is 0.334 e. The van der Waals surface area contributed by atoms with E-state index in [0.717, 1.165) is 5.56 Å². The minimum atomic E-state index is -0.935. The standard InChI is InChI=1S/C14H18N2O5/c15-13(17)9-21-11-3-1-10(2-4-11)7-16-5-6-20-12(8-16)14(18)19/h1-4,12H,5-9H2,(H2,15,17)(H,18,19). The molecule has 2 rings (SSSR count). The number of carbonyl (C=O) groups is 2. The highest BCUT2D eigenvalue weighted by molar-refractivity contribution is 5.75. The first kappa shape index (κ1) is 15.3. The number of morpholine rings is 1. The molecule has 0 radical (unpaired) electrons. The average molecular weight is 294 g/mol. The second kappa shape index (κ2) is 7.05. The molecule has 0 saturated carbocycles. The quantitative estimate of drug-likeness (QED) is 0.755. The predicted molar refractivity (Wildman–Crippen MR) is 73.8 cm³/mol. The Labute approximate surface area is 122 Å². The van der Waals surface area contributed by atoms with Crippen LogP contribution < -0.4 is 10.5 Å². The van der Waals surface area contributed by atoms with Crippen molar-refractivity contribution in [3.8, 4) is 5.75 Å². The largest absolute Gasteiger partial charge is 0.484 e. The lowest BCUT2D eigenvalue weighted by Crippen LogP contribution is -2.45. The van der Waals surface area contributed by atoms with Gasteiger partial charge in [-0.25, -0.2) is 4.79 Å². The van der Waals surface area contributed by atoms with Crippen LogP contribution in [0.2, 0.25) is 0 Å². The number of carboxylic acids is 1. The number of nitrogens with two attached hydrogens (primary N) is 1. The summed E-state index contributed by atoms with van der Waals surface area (Å²) in [4.78, 5) is 23.6. The maximum Gasteiger partial charge on any atom is 0.334 e. The highest BCUT2D eigenvalue weighted by atomic mass is 16.5. The van der Waals surface area contributed by atoms with Crippen LogP contribution in [0.25, 0.3) is 0 Å². The van der Waals surface area contributed by atoms with E-state index < -0.39 is 18.0 Å². The van der Waals surface area contributed by atoms with Crippen LogP contribution in [-0.4, -0.2) is 54.3 Å². The lowest BCUT2D eigenvalue weighted by atomic mass is 10.2. The molecule has 7 nitrogen and oxygen atoms in total. The third-order valence-corrected chi connectivity index (χ3v) is 3.14. The van der Waals surface area contributed by atoms with Crippen LogP contribution in [-0.2, 0) is 20.9 Å². The summed E-state index contributed by atoms with van der Waals surface area (Å²) in [7, 11) is 0. The molecule has 3 N–H and O–H groups in total. The van der Waals surface area contributed by atoms with Crippen molar-refractivity contribution in [1.29, 1.82) is 0 Å². The summed E-state index contributed by atoms with van der Waals surface area (Å²) >= 11 is 0. The molecule has 1 aromatic carbocycles. The molecule has 7 heteroatoms. The fraction of sp³-hybridized carbons (Fsp3) is 0.429. The Kier molecular flexibility index (Phi) is 5.13. The van der Waals surface area contributed by atoms with Gasteiger partial charge in [-0.2, -0.15) is 0 Å². The summed E-state index contributed by atoms with van der Waals surface area (Å²) in [6.07, 6.45) is -0.767. The maximum atomic E-state index is 10.9. The SMILES string of the molecule is NC(=O)COc1ccc(CN2CCOC(C(=O)O)C2)cc1. The molecular weight excluding hydrogens is 276 g/mol. The Hall–Kier alpha value is -2.12. The van der Waals surface area contributed by atoms with Crippen LogP contribution in [0.15, 0.2) is 24.3 Å². The van der Waals surface area contributed by atoms with Gasteiger partial charge >= 0.3 is 5.97 Å². The molecule has 1 aliphatic rings. The number of primary amides is 1. The van der Waals surface area contributed by atoms with Crippen LogP contribution >= 0.6 is 0 Å². The molecule has 0 bridgehead atoms. The number of nitrogens with zero attached hydrogens (tertiary/aromatic N) is 1. The van der Waals surface area contributed by atoms with E-state index in [1.54, 1.807) is 12.1 Å². The topological polar surface area (TPSA) is 102 Å². The number of carboxylic acid groups (broad SMARTS) is 1. The maximum absolute atomic E-state index is 10.9. The Morgan fingerprint density at radius 2 is 2.10 bits per heavy atom. The summed E-state index contributed by atoms with van der Waals surface area (Å²) in [6.45, 7) is 1.97. The van der Waals surface area contributed by atoms with Crippen molar-refractivity contribution in [1.82, 2.24) is 4.90 Å². The van der Waals surface area contributed by atoms with Gasteiger partial charge < -0.3 is 20.3 Å². The molecule has 1 heterocycles. The van der Waals surface area contributed by atoms with E-state index in [0.29, 0.717) is 32.0 Å². The molecular formula is C14H18N2O5. The Morgan fingerprint density at radius 3 is 2.71 bits per heavy atom. The number of benzene rings is 1. The Bertz CT molecular complexity index is 503. The first-order valence-electron chi connectivity index (χ1n) is 6.61. The van der Waals surface area contributed by atoms with Crippen LogP contribution in [0.4, 0.5) is 0 Å². The van der Waals surface area contributed by atoms with Crippen LogP contribution in [0, 0.1) is 0 Å². The summed E-state index contributed by atoms with van der Waals surface area (Å²) in [5.74, 6) is -0.884. The van der Waals surface area contributed by atoms with Gasteiger partial charge in [-0.1, -0.05) is 12.1 Å². The summed E-state index contributed by atoms with van der Waals surface area (Å²) in [5, 5.41) is 8.96. The number of hydrogen-bond donors (Lipinski definition) is 2. The van der Waals surface area contributed by atoms with Crippen molar-refractivity contribution in [3.63, 3.8) is 0 Å². The molecule has 1 unspecified atom stereocenters. The van der Waals surface area contributed by atoms with E-state index >= 15 is 0 Å². The van der Waals surface area contributed by atoms with Gasteiger partial charge in [-0.05, 0) is 17.7 Å². The number of aliphatic carboxylic acids is 1. The third-order valence-electron chi connectivity index (χ3n) is 3.14. The fourth-order valence-electron chi connectivity index (χ4n) is 2.10. The van der Waals surface area contributed by atoms with Gasteiger partial charge in [-0.15, -0.1) is 0 Å². The van der Waals surface area contributed by atoms with Crippen molar-refractivity contribution in [2.24, 2.45) is 5.73 Å². The van der Waals surface area contributed by atoms with Crippen molar-refractivity contribution in [2.45, 2.75) is 12.6 Å². The highest BCUT2D eigenvalue weighted by Crippen LogP contribution is 2.15. The number of amides is 1. The number of hydrogen-bond acceptors (Lipinski definition) is 5. The molecule has 1 saturated heterocycles. The molecule has 1 aromatic rings. The van der Waals surface area contributed by atoms with Crippen LogP contribution in [0.1, 0.15) is 5.56 Å². The molecule has 114 valence electrons. The fourth-order valence-corrected chi connectivity index (χ4v) is 2.10. The number of rotatable bonds is 6. The van der Waals surface area contributed by atoms with Gasteiger partial charge in [0.2, 0.25) is 0 Å². The summed E-state index contributed by atoms with van der Waals surface area (Å²) in [5.41, 5.74) is 6.04. The molecule has 1 amide bonds. The van der Waals surface area contributed by atoms with Crippen molar-refractivity contribution in [2.75, 3.05) is 26.3 Å². The van der Waals surface area contributed by atoms with Gasteiger partial charge in [-0.3, -0.25) is 9.69 Å². The van der Waals surface area contributed by atoms with Gasteiger partial charge in [0.25, 0.3) is 5.91 Å². The lowest BCUT2D eigenvalue weighted by molar-refractivity contribution is -0.156. The van der Waals surface area contributed by atoms with Gasteiger partial charge in [0.1, 0.15) is 5.75 Å². The van der Waals surface area contributed by atoms with Gasteiger partial charge in [0, 0.05) is 19.6 Å². The molecule has 0 spiro atoms. The summed E-state index contributed by atoms with van der Waals surface area (Å²) < 4.78 is 10.4. The molecule has 0 aliphatic carbocycles. The van der Waals surface area contributed by atoms with E-state index in [4.69, 9.17) is 20.3 Å². The second-order valence-electron chi connectivity index (χ2n) is 4.83. The Balaban J connectivity index is 1.88. The lowest BCUT2D eigenvalue weighted by Gasteiger charge is -2.30. The van der Waals surface area contributed by atoms with Crippen LogP contribution in [0.3, 0.4) is 0 Å². The van der Waals surface area contributed by atoms with Gasteiger partial charge in [0.05, 0.1) is 6.61 Å². The van der Waals surface area contributed by atoms with Gasteiger partial charge in [0.15, 0.2) is 12.7 Å². The normalized spacial score (nSPS) is 19.1. The highest BCUT2D eigenvalue weighted by Gasteiger charge is 2.25. The molecule has 1 aliphatic heterocycles. The predicted octanol–water partition coefficient (Wildman–Crippen LogP) is -0.164. The third kappa shape index (κ3) is 4.73. The first-order chi connectivity index (χ1) is 10.0. The van der Waals surface area contributed by atoms with Crippen molar-refractivity contribution in [3.05, 3.63) is 29.8 Å². The van der Waals surface area contributed by atoms with Crippen molar-refractivity contribution >= 4 is 11.9 Å². The van der Waals surface area contributed by atoms with E-state index in [1.165, 1.54) is 0 Å². The summed E-state index contributed by atoms with van der Waals surface area (Å²) in [6, 6.07) is 7.27. The average Bonchev–Trinajstić information content (AvgIpc) is 2.47. The molecule has 1 fully saturated rings. The molecule has 0 aromatic heterocycles. The van der Waals surface area contributed by atoms with Crippen LogP contribution in [0.5, 0.6) is 5.75 Å². The zero-order chi connectivity index (χ0) is 15.2. The zero-order valence-electron chi connectivity index (χ0n) is 11.5. The second-order valence-corrected chi connectivity index (χ2v) is 4.83. The monoisotopic (exact) mass is 294 g/mol. The zero-order valence-corrected chi connectivity index (χ0v) is 11.5. The van der Waals surface area contributed by atoms with E-state index in [9.17, 15) is 9.59 Å². The van der Waals surface area contributed by atoms with E-state index in [2.05, 4.69) is 0 Å². The first-order valence-corrected chi connectivity index (χ1v) is 6.61. The molecule has 21 heavy (non-hydrogen) atoms. The number of carbonyl (C=O) groups excluding carboxylic acids is 1. The van der Waals surface area contributed by atoms with Crippen molar-refractivity contribution < 1.29 is 24.2 Å². The molecule has 1 atom stereocenters. The number of ether oxygens (including phenoxy) is 2. The Morgan fingerprint density at radius 1 is 1.38 bits per heavy atom. The van der Waals surface area contributed by atoms with E-state index in [-0.39, 0.29) is 6.61 Å².